The fourth-order valence-electron chi connectivity index (χ4n) is 2.69. The zero-order valence-electron chi connectivity index (χ0n) is 12.3. The predicted molar refractivity (Wildman–Crippen MR) is 77.0 cm³/mol. The lowest BCUT2D eigenvalue weighted by atomic mass is 10.1. The molecule has 1 saturated heterocycles. The third-order valence-corrected chi connectivity index (χ3v) is 3.87. The largest absolute Gasteiger partial charge is 0.496 e. The first-order chi connectivity index (χ1) is 9.17. The molecule has 106 valence electrons. The molecule has 1 heterocycles. The molecule has 1 aromatic carbocycles. The van der Waals surface area contributed by atoms with Crippen LogP contribution >= 0.6 is 0 Å². The number of ether oxygens (including phenoxy) is 2. The van der Waals surface area contributed by atoms with Crippen LogP contribution in [-0.4, -0.2) is 45.3 Å². The number of likely N-dealkylation sites (tertiary alicyclic amines) is 1. The van der Waals surface area contributed by atoms with Crippen LogP contribution in [0.4, 0.5) is 0 Å². The monoisotopic (exact) mass is 264 g/mol. The van der Waals surface area contributed by atoms with Crippen molar-refractivity contribution in [3.63, 3.8) is 0 Å². The van der Waals surface area contributed by atoms with Gasteiger partial charge in [-0.25, -0.2) is 0 Å². The highest BCUT2D eigenvalue weighted by Crippen LogP contribution is 2.29. The van der Waals surface area contributed by atoms with Crippen molar-refractivity contribution in [2.45, 2.75) is 25.9 Å². The molecule has 1 unspecified atom stereocenters. The van der Waals surface area contributed by atoms with E-state index < -0.39 is 0 Å². The molecule has 19 heavy (non-hydrogen) atoms. The standard InChI is InChI=1S/C15H24N2O2/c1-11-7-15(19-4)12(8-14(11)18-3)9-17-6-5-13(10-17)16-2/h7-8,13,16H,5-6,9-10H2,1-4H3. The number of rotatable bonds is 5. The maximum Gasteiger partial charge on any atom is 0.123 e. The van der Waals surface area contributed by atoms with Crippen LogP contribution in [0.5, 0.6) is 11.5 Å². The lowest BCUT2D eigenvalue weighted by Gasteiger charge is -2.19. The van der Waals surface area contributed by atoms with Crippen molar-refractivity contribution in [3.05, 3.63) is 23.3 Å². The Morgan fingerprint density at radius 1 is 1.26 bits per heavy atom. The number of aryl methyl sites for hydroxylation is 1. The number of benzene rings is 1. The van der Waals surface area contributed by atoms with E-state index in [9.17, 15) is 0 Å². The molecule has 4 nitrogen and oxygen atoms in total. The van der Waals surface area contributed by atoms with E-state index in [0.717, 1.165) is 36.7 Å². The molecule has 1 N–H and O–H groups in total. The molecule has 1 atom stereocenters. The van der Waals surface area contributed by atoms with Crippen LogP contribution in [-0.2, 0) is 6.54 Å². The second-order valence-electron chi connectivity index (χ2n) is 5.14. The summed E-state index contributed by atoms with van der Waals surface area (Å²) in [6, 6.07) is 4.76. The highest BCUT2D eigenvalue weighted by Gasteiger charge is 2.22. The molecule has 4 heteroatoms. The molecule has 0 amide bonds. The number of nitrogens with one attached hydrogen (secondary N) is 1. The minimum atomic E-state index is 0.610. The zero-order valence-corrected chi connectivity index (χ0v) is 12.3. The first-order valence-corrected chi connectivity index (χ1v) is 6.79. The Labute approximate surface area is 115 Å². The van der Waals surface area contributed by atoms with E-state index in [4.69, 9.17) is 9.47 Å². The summed E-state index contributed by atoms with van der Waals surface area (Å²) in [5.41, 5.74) is 2.30. The fourth-order valence-corrected chi connectivity index (χ4v) is 2.69. The Balaban J connectivity index is 2.14. The molecular weight excluding hydrogens is 240 g/mol. The molecular formula is C15H24N2O2. The fraction of sp³-hybridized carbons (Fsp3) is 0.600. The third-order valence-electron chi connectivity index (χ3n) is 3.87. The maximum absolute atomic E-state index is 5.49. The van der Waals surface area contributed by atoms with E-state index in [1.165, 1.54) is 12.0 Å². The van der Waals surface area contributed by atoms with Crippen molar-refractivity contribution in [3.8, 4) is 11.5 Å². The van der Waals surface area contributed by atoms with Crippen LogP contribution in [0.25, 0.3) is 0 Å². The first kappa shape index (κ1) is 14.2. The summed E-state index contributed by atoms with van der Waals surface area (Å²) in [7, 11) is 5.47. The molecule has 0 spiro atoms. The van der Waals surface area contributed by atoms with Gasteiger partial charge in [-0.2, -0.15) is 0 Å². The molecule has 1 aromatic rings. The number of nitrogens with zero attached hydrogens (tertiary/aromatic N) is 1. The van der Waals surface area contributed by atoms with Gasteiger partial charge in [-0.05, 0) is 38.1 Å². The predicted octanol–water partition coefficient (Wildman–Crippen LogP) is 1.81. The Morgan fingerprint density at radius 2 is 2.00 bits per heavy atom. The van der Waals surface area contributed by atoms with Crippen molar-refractivity contribution in [1.29, 1.82) is 0 Å². The Bertz CT molecular complexity index is 434. The van der Waals surface area contributed by atoms with Gasteiger partial charge in [0.2, 0.25) is 0 Å². The Hall–Kier alpha value is -1.26. The van der Waals surface area contributed by atoms with E-state index in [0.29, 0.717) is 6.04 Å². The normalized spacial score (nSPS) is 19.7. The number of likely N-dealkylation sites (N-methyl/N-ethyl adjacent to an activating group) is 1. The lowest BCUT2D eigenvalue weighted by molar-refractivity contribution is 0.311. The van der Waals surface area contributed by atoms with E-state index >= 15 is 0 Å². The smallest absolute Gasteiger partial charge is 0.123 e. The molecule has 2 rings (SSSR count). The molecule has 0 aliphatic carbocycles. The molecule has 1 aliphatic rings. The van der Waals surface area contributed by atoms with Crippen molar-refractivity contribution >= 4 is 0 Å². The second kappa shape index (κ2) is 6.26. The van der Waals surface area contributed by atoms with Crippen LogP contribution in [0, 0.1) is 6.92 Å². The minimum Gasteiger partial charge on any atom is -0.496 e. The van der Waals surface area contributed by atoms with Gasteiger partial charge in [0.15, 0.2) is 0 Å². The third kappa shape index (κ3) is 3.19. The summed E-state index contributed by atoms with van der Waals surface area (Å²) in [6.07, 6.45) is 1.21. The average molecular weight is 264 g/mol. The van der Waals surface area contributed by atoms with Crippen LogP contribution < -0.4 is 14.8 Å². The number of hydrogen-bond acceptors (Lipinski definition) is 4. The van der Waals surface area contributed by atoms with Crippen LogP contribution in [0.3, 0.4) is 0 Å². The van der Waals surface area contributed by atoms with Gasteiger partial charge in [0.25, 0.3) is 0 Å². The second-order valence-corrected chi connectivity index (χ2v) is 5.14. The summed E-state index contributed by atoms with van der Waals surface area (Å²) in [6.45, 7) is 5.18. The first-order valence-electron chi connectivity index (χ1n) is 6.79. The van der Waals surface area contributed by atoms with Crippen molar-refractivity contribution < 1.29 is 9.47 Å². The molecule has 1 aliphatic heterocycles. The van der Waals surface area contributed by atoms with Gasteiger partial charge in [0.1, 0.15) is 11.5 Å². The number of hydrogen-bond donors (Lipinski definition) is 1. The van der Waals surface area contributed by atoms with Gasteiger partial charge < -0.3 is 14.8 Å². The van der Waals surface area contributed by atoms with Crippen molar-refractivity contribution in [2.24, 2.45) is 0 Å². The van der Waals surface area contributed by atoms with E-state index in [1.807, 2.05) is 14.0 Å². The summed E-state index contributed by atoms with van der Waals surface area (Å²) in [5.74, 6) is 1.88. The van der Waals surface area contributed by atoms with Gasteiger partial charge in [-0.3, -0.25) is 4.90 Å². The Morgan fingerprint density at radius 3 is 2.58 bits per heavy atom. The quantitative estimate of drug-likeness (QED) is 0.879. The van der Waals surface area contributed by atoms with Crippen LogP contribution in [0.1, 0.15) is 17.5 Å². The molecule has 0 bridgehead atoms. The van der Waals surface area contributed by atoms with Gasteiger partial charge in [0, 0.05) is 31.2 Å². The van der Waals surface area contributed by atoms with Crippen LogP contribution in [0.2, 0.25) is 0 Å². The average Bonchev–Trinajstić information content (AvgIpc) is 2.88. The molecule has 0 aromatic heterocycles. The zero-order chi connectivity index (χ0) is 13.8. The molecule has 1 fully saturated rings. The van der Waals surface area contributed by atoms with Gasteiger partial charge in [0.05, 0.1) is 14.2 Å². The van der Waals surface area contributed by atoms with Crippen molar-refractivity contribution in [1.82, 2.24) is 10.2 Å². The lowest BCUT2D eigenvalue weighted by Crippen LogP contribution is -2.29. The van der Waals surface area contributed by atoms with Gasteiger partial charge >= 0.3 is 0 Å². The molecule has 0 radical (unpaired) electrons. The summed E-state index contributed by atoms with van der Waals surface area (Å²) >= 11 is 0. The maximum atomic E-state index is 5.49. The highest BCUT2D eigenvalue weighted by molar-refractivity contribution is 5.45. The van der Waals surface area contributed by atoms with E-state index in [2.05, 4.69) is 22.3 Å². The van der Waals surface area contributed by atoms with E-state index in [-0.39, 0.29) is 0 Å². The van der Waals surface area contributed by atoms with Gasteiger partial charge in [-0.15, -0.1) is 0 Å². The van der Waals surface area contributed by atoms with E-state index in [1.54, 1.807) is 14.2 Å². The van der Waals surface area contributed by atoms with Crippen LogP contribution in [0.15, 0.2) is 12.1 Å². The SMILES string of the molecule is CNC1CCN(Cc2cc(OC)c(C)cc2OC)C1. The summed E-state index contributed by atoms with van der Waals surface area (Å²) in [4.78, 5) is 2.45. The Kier molecular flexibility index (Phi) is 4.66. The minimum absolute atomic E-state index is 0.610. The topological polar surface area (TPSA) is 33.7 Å². The van der Waals surface area contributed by atoms with Crippen molar-refractivity contribution in [2.75, 3.05) is 34.4 Å². The molecule has 0 saturated carbocycles. The van der Waals surface area contributed by atoms with Gasteiger partial charge in [-0.1, -0.05) is 0 Å². The number of methoxy groups -OCH3 is 2. The summed E-state index contributed by atoms with van der Waals surface area (Å²) < 4.78 is 10.9. The highest BCUT2D eigenvalue weighted by atomic mass is 16.5. The summed E-state index contributed by atoms with van der Waals surface area (Å²) in [5, 5.41) is 3.34.